The molecule has 0 bridgehead atoms. The molecular formula is C14H25NO4. The minimum atomic E-state index is -0.795. The Morgan fingerprint density at radius 2 is 2.05 bits per heavy atom. The van der Waals surface area contributed by atoms with Crippen LogP contribution >= 0.6 is 0 Å². The van der Waals surface area contributed by atoms with E-state index in [4.69, 9.17) is 9.47 Å². The summed E-state index contributed by atoms with van der Waals surface area (Å²) in [5.41, 5.74) is -0.795. The summed E-state index contributed by atoms with van der Waals surface area (Å²) in [5.74, 6) is -0.433. The van der Waals surface area contributed by atoms with E-state index in [1.807, 2.05) is 6.92 Å². The zero-order valence-corrected chi connectivity index (χ0v) is 12.4. The van der Waals surface area contributed by atoms with Gasteiger partial charge in [-0.2, -0.15) is 0 Å². The molecule has 1 fully saturated rings. The van der Waals surface area contributed by atoms with Crippen molar-refractivity contribution in [3.8, 4) is 0 Å². The average Bonchev–Trinajstić information content (AvgIpc) is 2.46. The Balaban J connectivity index is 2.69. The third-order valence-corrected chi connectivity index (χ3v) is 3.91. The van der Waals surface area contributed by atoms with Crippen molar-refractivity contribution in [1.82, 2.24) is 4.90 Å². The predicted molar refractivity (Wildman–Crippen MR) is 71.6 cm³/mol. The zero-order chi connectivity index (χ0) is 14.5. The first-order chi connectivity index (χ1) is 8.98. The Bertz CT molecular complexity index is 325. The third kappa shape index (κ3) is 3.69. The van der Waals surface area contributed by atoms with E-state index in [-0.39, 0.29) is 17.8 Å². The van der Waals surface area contributed by atoms with Gasteiger partial charge < -0.3 is 14.4 Å². The highest BCUT2D eigenvalue weighted by atomic mass is 16.5. The molecule has 2 atom stereocenters. The quantitative estimate of drug-likeness (QED) is 0.713. The fourth-order valence-electron chi connectivity index (χ4n) is 2.33. The van der Waals surface area contributed by atoms with Crippen LogP contribution < -0.4 is 0 Å². The van der Waals surface area contributed by atoms with Gasteiger partial charge in [0.05, 0.1) is 12.5 Å². The van der Waals surface area contributed by atoms with Crippen LogP contribution in [0.15, 0.2) is 0 Å². The second kappa shape index (κ2) is 6.89. The average molecular weight is 271 g/mol. The predicted octanol–water partition coefficient (Wildman–Crippen LogP) is 1.60. The highest BCUT2D eigenvalue weighted by molar-refractivity contribution is 5.85. The molecule has 19 heavy (non-hydrogen) atoms. The number of nitrogens with zero attached hydrogens (tertiary/aromatic N) is 1. The van der Waals surface area contributed by atoms with Gasteiger partial charge in [-0.3, -0.25) is 9.59 Å². The molecule has 0 aliphatic carbocycles. The summed E-state index contributed by atoms with van der Waals surface area (Å²) in [5, 5.41) is 0. The first-order valence-electron chi connectivity index (χ1n) is 6.99. The number of hydrogen-bond acceptors (Lipinski definition) is 4. The Hall–Kier alpha value is -1.10. The standard InChI is InChI=1S/C14H25NO4/c1-5-14(3,18-4)13(17)15-9-7-8-11(10-15)12(16)19-6-2/h11H,5-10H2,1-4H3/t11-,14?/m0/s1. The van der Waals surface area contributed by atoms with Crippen LogP contribution in [0.3, 0.4) is 0 Å². The lowest BCUT2D eigenvalue weighted by atomic mass is 9.94. The van der Waals surface area contributed by atoms with Gasteiger partial charge in [-0.25, -0.2) is 0 Å². The van der Waals surface area contributed by atoms with Crippen LogP contribution in [0, 0.1) is 5.92 Å². The molecular weight excluding hydrogens is 246 g/mol. The molecule has 110 valence electrons. The SMILES string of the molecule is CCOC(=O)[C@H]1CCCN(C(=O)C(C)(CC)OC)C1. The molecule has 0 radical (unpaired) electrons. The van der Waals surface area contributed by atoms with E-state index in [2.05, 4.69) is 0 Å². The van der Waals surface area contributed by atoms with Crippen molar-refractivity contribution in [3.63, 3.8) is 0 Å². The van der Waals surface area contributed by atoms with Crippen molar-refractivity contribution in [2.45, 2.75) is 45.6 Å². The maximum Gasteiger partial charge on any atom is 0.310 e. The van der Waals surface area contributed by atoms with Gasteiger partial charge in [-0.15, -0.1) is 0 Å². The molecule has 5 heteroatoms. The molecule has 1 saturated heterocycles. The highest BCUT2D eigenvalue weighted by Crippen LogP contribution is 2.24. The third-order valence-electron chi connectivity index (χ3n) is 3.91. The van der Waals surface area contributed by atoms with E-state index in [0.717, 1.165) is 12.8 Å². The molecule has 1 amide bonds. The lowest BCUT2D eigenvalue weighted by Gasteiger charge is -2.37. The van der Waals surface area contributed by atoms with Crippen molar-refractivity contribution in [2.75, 3.05) is 26.8 Å². The molecule has 0 saturated carbocycles. The Kier molecular flexibility index (Phi) is 5.79. The van der Waals surface area contributed by atoms with Crippen LogP contribution in [0.5, 0.6) is 0 Å². The molecule has 5 nitrogen and oxygen atoms in total. The van der Waals surface area contributed by atoms with E-state index in [1.54, 1.807) is 25.9 Å². The van der Waals surface area contributed by atoms with E-state index < -0.39 is 5.60 Å². The van der Waals surface area contributed by atoms with E-state index in [1.165, 1.54) is 0 Å². The van der Waals surface area contributed by atoms with Gasteiger partial charge in [-0.1, -0.05) is 6.92 Å². The topological polar surface area (TPSA) is 55.8 Å². The molecule has 1 rings (SSSR count). The molecule has 0 aromatic rings. The van der Waals surface area contributed by atoms with Crippen LogP contribution in [-0.2, 0) is 19.1 Å². The Labute approximate surface area is 115 Å². The van der Waals surface area contributed by atoms with Crippen LogP contribution in [0.25, 0.3) is 0 Å². The summed E-state index contributed by atoms with van der Waals surface area (Å²) in [6.07, 6.45) is 2.24. The fourth-order valence-corrected chi connectivity index (χ4v) is 2.33. The number of rotatable bonds is 5. The summed E-state index contributed by atoms with van der Waals surface area (Å²) in [6.45, 7) is 7.03. The number of piperidine rings is 1. The van der Waals surface area contributed by atoms with Gasteiger partial charge in [0, 0.05) is 20.2 Å². The minimum Gasteiger partial charge on any atom is -0.466 e. The number of amides is 1. The van der Waals surface area contributed by atoms with Gasteiger partial charge >= 0.3 is 5.97 Å². The first kappa shape index (κ1) is 16.0. The lowest BCUT2D eigenvalue weighted by Crippen LogP contribution is -2.52. The van der Waals surface area contributed by atoms with Crippen molar-refractivity contribution >= 4 is 11.9 Å². The zero-order valence-electron chi connectivity index (χ0n) is 12.4. The maximum absolute atomic E-state index is 12.5. The first-order valence-corrected chi connectivity index (χ1v) is 6.99. The molecule has 0 aromatic heterocycles. The number of methoxy groups -OCH3 is 1. The Morgan fingerprint density at radius 3 is 2.58 bits per heavy atom. The van der Waals surface area contributed by atoms with Crippen LogP contribution in [0.2, 0.25) is 0 Å². The van der Waals surface area contributed by atoms with Gasteiger partial charge in [0.25, 0.3) is 5.91 Å². The van der Waals surface area contributed by atoms with Crippen molar-refractivity contribution in [3.05, 3.63) is 0 Å². The van der Waals surface area contributed by atoms with E-state index in [0.29, 0.717) is 26.1 Å². The number of likely N-dealkylation sites (tertiary alicyclic amines) is 1. The van der Waals surface area contributed by atoms with Gasteiger partial charge in [0.1, 0.15) is 5.60 Å². The van der Waals surface area contributed by atoms with Gasteiger partial charge in [0.15, 0.2) is 0 Å². The van der Waals surface area contributed by atoms with Crippen molar-refractivity contribution in [2.24, 2.45) is 5.92 Å². The maximum atomic E-state index is 12.5. The number of hydrogen-bond donors (Lipinski definition) is 0. The monoisotopic (exact) mass is 271 g/mol. The van der Waals surface area contributed by atoms with Gasteiger partial charge in [-0.05, 0) is 33.1 Å². The summed E-state index contributed by atoms with van der Waals surface area (Å²) in [4.78, 5) is 26.0. The Morgan fingerprint density at radius 1 is 1.37 bits per heavy atom. The summed E-state index contributed by atoms with van der Waals surface area (Å²) in [6, 6.07) is 0. The highest BCUT2D eigenvalue weighted by Gasteiger charge is 2.38. The largest absolute Gasteiger partial charge is 0.466 e. The van der Waals surface area contributed by atoms with Crippen molar-refractivity contribution < 1.29 is 19.1 Å². The molecule has 1 heterocycles. The molecule has 0 N–H and O–H groups in total. The summed E-state index contributed by atoms with van der Waals surface area (Å²) < 4.78 is 10.4. The molecule has 1 unspecified atom stereocenters. The summed E-state index contributed by atoms with van der Waals surface area (Å²) >= 11 is 0. The van der Waals surface area contributed by atoms with Gasteiger partial charge in [0.2, 0.25) is 0 Å². The smallest absolute Gasteiger partial charge is 0.310 e. The number of carbonyl (C=O) groups excluding carboxylic acids is 2. The van der Waals surface area contributed by atoms with Crippen molar-refractivity contribution in [1.29, 1.82) is 0 Å². The lowest BCUT2D eigenvalue weighted by molar-refractivity contribution is -0.159. The second-order valence-electron chi connectivity index (χ2n) is 5.13. The minimum absolute atomic E-state index is 0.0356. The number of esters is 1. The van der Waals surface area contributed by atoms with Crippen LogP contribution in [0.1, 0.15) is 40.0 Å². The van der Waals surface area contributed by atoms with Crippen LogP contribution in [0.4, 0.5) is 0 Å². The second-order valence-corrected chi connectivity index (χ2v) is 5.13. The molecule has 0 spiro atoms. The van der Waals surface area contributed by atoms with E-state index >= 15 is 0 Å². The van der Waals surface area contributed by atoms with E-state index in [9.17, 15) is 9.59 Å². The molecule has 1 aliphatic heterocycles. The summed E-state index contributed by atoms with van der Waals surface area (Å²) in [7, 11) is 1.55. The molecule has 0 aromatic carbocycles. The van der Waals surface area contributed by atoms with Crippen LogP contribution in [-0.4, -0.2) is 49.2 Å². The molecule has 1 aliphatic rings. The fraction of sp³-hybridized carbons (Fsp3) is 0.857. The number of carbonyl (C=O) groups is 2. The number of ether oxygens (including phenoxy) is 2. The normalized spacial score (nSPS) is 22.7.